The topological polar surface area (TPSA) is 89.8 Å². The molecule has 1 saturated heterocycles. The Balaban J connectivity index is 1.87. The molecule has 28 heavy (non-hydrogen) atoms. The Kier molecular flexibility index (Phi) is 5.93. The monoisotopic (exact) mass is 438 g/mol. The Morgan fingerprint density at radius 1 is 1.21 bits per heavy atom. The predicted molar refractivity (Wildman–Crippen MR) is 108 cm³/mol. The van der Waals surface area contributed by atoms with Crippen LogP contribution in [0.5, 0.6) is 5.75 Å². The molecule has 10 heteroatoms. The van der Waals surface area contributed by atoms with E-state index in [4.69, 9.17) is 27.9 Å². The predicted octanol–water partition coefficient (Wildman–Crippen LogP) is 5.15. The molecular weight excluding hydrogens is 427 g/mol. The van der Waals surface area contributed by atoms with Crippen LogP contribution in [0.4, 0.5) is 10.5 Å². The van der Waals surface area contributed by atoms with Gasteiger partial charge in [-0.25, -0.2) is 0 Å². The van der Waals surface area contributed by atoms with E-state index in [-0.39, 0.29) is 22.9 Å². The molecule has 1 aliphatic heterocycles. The maximum Gasteiger partial charge on any atom is 0.311 e. The van der Waals surface area contributed by atoms with E-state index in [0.717, 1.165) is 16.7 Å². The Morgan fingerprint density at radius 3 is 2.61 bits per heavy atom. The number of methoxy groups -OCH3 is 1. The van der Waals surface area contributed by atoms with Crippen LogP contribution < -0.4 is 4.74 Å². The number of halogens is 2. The largest absolute Gasteiger partial charge is 0.490 e. The number of nitrogens with zero attached hydrogens (tertiary/aromatic N) is 2. The second-order valence-corrected chi connectivity index (χ2v) is 7.53. The van der Waals surface area contributed by atoms with Crippen molar-refractivity contribution in [3.05, 3.63) is 72.6 Å². The lowest BCUT2D eigenvalue weighted by atomic mass is 10.1. The van der Waals surface area contributed by atoms with Crippen molar-refractivity contribution in [2.24, 2.45) is 0 Å². The van der Waals surface area contributed by atoms with Gasteiger partial charge in [-0.1, -0.05) is 35.3 Å². The Labute approximate surface area is 174 Å². The number of thioether (sulfide) groups is 1. The van der Waals surface area contributed by atoms with Gasteiger partial charge in [-0.15, -0.1) is 0 Å². The summed E-state index contributed by atoms with van der Waals surface area (Å²) in [6.07, 6.45) is 1.43. The lowest BCUT2D eigenvalue weighted by Crippen LogP contribution is -2.27. The van der Waals surface area contributed by atoms with Crippen molar-refractivity contribution in [3.63, 3.8) is 0 Å². The fourth-order valence-corrected chi connectivity index (χ4v) is 3.85. The Morgan fingerprint density at radius 2 is 1.96 bits per heavy atom. The van der Waals surface area contributed by atoms with Gasteiger partial charge in [0, 0.05) is 16.1 Å². The van der Waals surface area contributed by atoms with Crippen LogP contribution in [0.2, 0.25) is 10.0 Å². The second kappa shape index (κ2) is 8.22. The molecule has 7 nitrogen and oxygen atoms in total. The molecule has 2 aromatic carbocycles. The zero-order valence-corrected chi connectivity index (χ0v) is 16.7. The maximum atomic E-state index is 12.6. The highest BCUT2D eigenvalue weighted by Crippen LogP contribution is 2.36. The van der Waals surface area contributed by atoms with Crippen LogP contribution in [0.25, 0.3) is 6.08 Å². The number of amides is 2. The first-order valence-electron chi connectivity index (χ1n) is 7.82. The number of carbonyl (C=O) groups excluding carboxylic acids is 2. The first-order valence-corrected chi connectivity index (χ1v) is 9.39. The highest BCUT2D eigenvalue weighted by Gasteiger charge is 2.35. The summed E-state index contributed by atoms with van der Waals surface area (Å²) in [7, 11) is 1.33. The fourth-order valence-electron chi connectivity index (χ4n) is 2.55. The number of hydrogen-bond donors (Lipinski definition) is 0. The zero-order chi connectivity index (χ0) is 20.4. The van der Waals surface area contributed by atoms with Gasteiger partial charge in [0.25, 0.3) is 11.1 Å². The number of nitro benzene ring substituents is 1. The van der Waals surface area contributed by atoms with E-state index in [2.05, 4.69) is 0 Å². The van der Waals surface area contributed by atoms with E-state index < -0.39 is 16.1 Å². The third kappa shape index (κ3) is 4.14. The Bertz CT molecular complexity index is 1030. The SMILES string of the molecule is COc1ccc(/C=C2/SC(=O)N(Cc3ccc(Cl)cc3Cl)C2=O)cc1[N+](=O)[O-]. The summed E-state index contributed by atoms with van der Waals surface area (Å²) >= 11 is 12.7. The molecule has 1 heterocycles. The summed E-state index contributed by atoms with van der Waals surface area (Å²) < 4.78 is 4.95. The molecule has 0 N–H and O–H groups in total. The first-order chi connectivity index (χ1) is 13.3. The van der Waals surface area contributed by atoms with Crippen LogP contribution in [0, 0.1) is 10.1 Å². The third-order valence-electron chi connectivity index (χ3n) is 3.91. The number of benzene rings is 2. The van der Waals surface area contributed by atoms with E-state index in [1.54, 1.807) is 18.2 Å². The highest BCUT2D eigenvalue weighted by atomic mass is 35.5. The number of rotatable bonds is 5. The van der Waals surface area contributed by atoms with Crippen molar-refractivity contribution in [1.82, 2.24) is 4.90 Å². The molecule has 2 aromatic rings. The second-order valence-electron chi connectivity index (χ2n) is 5.69. The standard InChI is InChI=1S/C18H12Cl2N2O5S/c1-27-15-5-2-10(6-14(15)22(25)26)7-16-17(23)21(18(24)28-16)9-11-3-4-12(19)8-13(11)20/h2-8H,9H2,1H3/b16-7+. The molecule has 0 saturated carbocycles. The van der Waals surface area contributed by atoms with Gasteiger partial charge in [0.2, 0.25) is 0 Å². The van der Waals surface area contributed by atoms with Gasteiger partial charge < -0.3 is 4.74 Å². The van der Waals surface area contributed by atoms with E-state index in [0.29, 0.717) is 21.2 Å². The average molecular weight is 439 g/mol. The summed E-state index contributed by atoms with van der Waals surface area (Å²) in [5.74, 6) is -0.396. The molecule has 0 aromatic heterocycles. The minimum Gasteiger partial charge on any atom is -0.490 e. The van der Waals surface area contributed by atoms with Crippen molar-refractivity contribution in [3.8, 4) is 5.75 Å². The molecule has 1 fully saturated rings. The minimum atomic E-state index is -0.579. The summed E-state index contributed by atoms with van der Waals surface area (Å²) in [5.41, 5.74) is 0.751. The number of imide groups is 1. The van der Waals surface area contributed by atoms with Gasteiger partial charge in [0.1, 0.15) is 0 Å². The molecule has 0 spiro atoms. The lowest BCUT2D eigenvalue weighted by Gasteiger charge is -2.13. The minimum absolute atomic E-state index is 0.000763. The van der Waals surface area contributed by atoms with E-state index >= 15 is 0 Å². The van der Waals surface area contributed by atoms with Crippen LogP contribution >= 0.6 is 35.0 Å². The average Bonchev–Trinajstić information content (AvgIpc) is 2.91. The molecule has 0 aliphatic carbocycles. The summed E-state index contributed by atoms with van der Waals surface area (Å²) in [6, 6.07) is 9.07. The van der Waals surface area contributed by atoms with Crippen molar-refractivity contribution >= 4 is 57.9 Å². The van der Waals surface area contributed by atoms with E-state index in [9.17, 15) is 19.7 Å². The van der Waals surface area contributed by atoms with Gasteiger partial charge in [-0.05, 0) is 47.2 Å². The molecule has 1 aliphatic rings. The summed E-state index contributed by atoms with van der Waals surface area (Å²) in [5, 5.41) is 11.5. The maximum absolute atomic E-state index is 12.6. The van der Waals surface area contributed by atoms with Crippen LogP contribution in [0.1, 0.15) is 11.1 Å². The molecule has 0 unspecified atom stereocenters. The zero-order valence-electron chi connectivity index (χ0n) is 14.3. The Hall–Kier alpha value is -2.55. The number of hydrogen-bond acceptors (Lipinski definition) is 6. The van der Waals surface area contributed by atoms with E-state index in [1.807, 2.05) is 0 Å². The van der Waals surface area contributed by atoms with Crippen LogP contribution in [-0.4, -0.2) is 28.1 Å². The number of nitro groups is 1. The van der Waals surface area contributed by atoms with Crippen LogP contribution in [-0.2, 0) is 11.3 Å². The van der Waals surface area contributed by atoms with E-state index in [1.165, 1.54) is 31.4 Å². The molecule has 0 radical (unpaired) electrons. The fraction of sp³-hybridized carbons (Fsp3) is 0.111. The third-order valence-corrected chi connectivity index (χ3v) is 5.41. The molecular formula is C18H12Cl2N2O5S. The van der Waals surface area contributed by atoms with Gasteiger partial charge in [-0.2, -0.15) is 0 Å². The van der Waals surface area contributed by atoms with Crippen molar-refractivity contribution < 1.29 is 19.2 Å². The van der Waals surface area contributed by atoms with Crippen molar-refractivity contribution in [2.45, 2.75) is 6.54 Å². The highest BCUT2D eigenvalue weighted by molar-refractivity contribution is 8.18. The van der Waals surface area contributed by atoms with Crippen molar-refractivity contribution in [1.29, 1.82) is 0 Å². The van der Waals surface area contributed by atoms with Gasteiger partial charge >= 0.3 is 5.69 Å². The number of ether oxygens (including phenoxy) is 1. The number of carbonyl (C=O) groups is 2. The van der Waals surface area contributed by atoms with Gasteiger partial charge in [-0.3, -0.25) is 24.6 Å². The molecule has 144 valence electrons. The van der Waals surface area contributed by atoms with Gasteiger partial charge in [0.15, 0.2) is 5.75 Å². The lowest BCUT2D eigenvalue weighted by molar-refractivity contribution is -0.385. The van der Waals surface area contributed by atoms with Crippen LogP contribution in [0.3, 0.4) is 0 Å². The first kappa shape index (κ1) is 20.2. The molecule has 3 rings (SSSR count). The quantitative estimate of drug-likeness (QED) is 0.364. The molecule has 0 atom stereocenters. The van der Waals surface area contributed by atoms with Crippen molar-refractivity contribution in [2.75, 3.05) is 7.11 Å². The normalized spacial score (nSPS) is 15.4. The summed E-state index contributed by atoms with van der Waals surface area (Å²) in [6.45, 7) is 0.000763. The smallest absolute Gasteiger partial charge is 0.311 e. The van der Waals surface area contributed by atoms with Crippen LogP contribution in [0.15, 0.2) is 41.3 Å². The summed E-state index contributed by atoms with van der Waals surface area (Å²) in [4.78, 5) is 36.7. The molecule has 2 amide bonds. The molecule has 0 bridgehead atoms. The van der Waals surface area contributed by atoms with Gasteiger partial charge in [0.05, 0.1) is 23.5 Å².